The molecule has 1 aromatic rings. The number of carbonyl (C=O) groups is 1. The molecule has 1 aromatic carbocycles. The molecule has 25 heavy (non-hydrogen) atoms. The zero-order chi connectivity index (χ0) is 18.3. The summed E-state index contributed by atoms with van der Waals surface area (Å²) in [5, 5.41) is 19.0. The first kappa shape index (κ1) is 21.7. The van der Waals surface area contributed by atoms with Crippen molar-refractivity contribution in [2.75, 3.05) is 19.7 Å². The number of aliphatic hydroxyl groups excluding tert-OH is 1. The molecular formula is C21H35NO3. The van der Waals surface area contributed by atoms with Gasteiger partial charge in [0.05, 0.1) is 19.2 Å². The predicted octanol–water partition coefficient (Wildman–Crippen LogP) is 4.64. The maximum absolute atomic E-state index is 11.2. The van der Waals surface area contributed by atoms with Crippen molar-refractivity contribution in [1.82, 2.24) is 4.90 Å². The number of nitrogens with zero attached hydrogens (tertiary/aromatic N) is 1. The lowest BCUT2D eigenvalue weighted by Crippen LogP contribution is -2.36. The molecule has 0 aromatic heterocycles. The Bertz CT molecular complexity index is 450. The van der Waals surface area contributed by atoms with Crippen LogP contribution in [0.5, 0.6) is 0 Å². The summed E-state index contributed by atoms with van der Waals surface area (Å²) >= 11 is 0. The average molecular weight is 350 g/mol. The monoisotopic (exact) mass is 349 g/mol. The molecule has 0 radical (unpaired) electrons. The summed E-state index contributed by atoms with van der Waals surface area (Å²) in [7, 11) is 0. The molecule has 0 aliphatic carbocycles. The van der Waals surface area contributed by atoms with Crippen LogP contribution in [0.2, 0.25) is 0 Å². The minimum absolute atomic E-state index is 0.0306. The Morgan fingerprint density at radius 2 is 1.52 bits per heavy atom. The van der Waals surface area contributed by atoms with E-state index in [1.165, 1.54) is 44.9 Å². The highest BCUT2D eigenvalue weighted by Crippen LogP contribution is 2.21. The third kappa shape index (κ3) is 9.61. The second-order valence-electron chi connectivity index (χ2n) is 6.80. The maximum Gasteiger partial charge on any atom is 0.317 e. The van der Waals surface area contributed by atoms with Gasteiger partial charge in [-0.15, -0.1) is 0 Å². The van der Waals surface area contributed by atoms with Crippen LogP contribution in [0.15, 0.2) is 30.3 Å². The Morgan fingerprint density at radius 3 is 2.04 bits per heavy atom. The molecule has 0 fully saturated rings. The summed E-state index contributed by atoms with van der Waals surface area (Å²) in [6, 6.07) is 9.44. The second-order valence-corrected chi connectivity index (χ2v) is 6.80. The molecule has 0 heterocycles. The van der Waals surface area contributed by atoms with Crippen molar-refractivity contribution >= 4 is 5.97 Å². The first-order valence-electron chi connectivity index (χ1n) is 9.80. The number of benzene rings is 1. The van der Waals surface area contributed by atoms with E-state index in [2.05, 4.69) is 6.92 Å². The molecule has 0 amide bonds. The summed E-state index contributed by atoms with van der Waals surface area (Å²) in [6.45, 7) is 2.85. The Hall–Kier alpha value is -1.39. The van der Waals surface area contributed by atoms with Crippen LogP contribution in [0.25, 0.3) is 0 Å². The van der Waals surface area contributed by atoms with E-state index in [1.807, 2.05) is 35.2 Å². The summed E-state index contributed by atoms with van der Waals surface area (Å²) in [5.41, 5.74) is 0.974. The fourth-order valence-electron chi connectivity index (χ4n) is 3.25. The topological polar surface area (TPSA) is 60.8 Å². The molecule has 4 heteroatoms. The highest BCUT2D eigenvalue weighted by atomic mass is 16.4. The Morgan fingerprint density at radius 1 is 0.960 bits per heavy atom. The van der Waals surface area contributed by atoms with Crippen LogP contribution in [-0.4, -0.2) is 40.8 Å². The van der Waals surface area contributed by atoms with E-state index >= 15 is 0 Å². The van der Waals surface area contributed by atoms with E-state index in [1.54, 1.807) is 0 Å². The van der Waals surface area contributed by atoms with Crippen molar-refractivity contribution in [1.29, 1.82) is 0 Å². The van der Waals surface area contributed by atoms with Crippen molar-refractivity contribution in [3.8, 4) is 0 Å². The van der Waals surface area contributed by atoms with E-state index in [-0.39, 0.29) is 19.2 Å². The van der Waals surface area contributed by atoms with Crippen LogP contribution < -0.4 is 0 Å². The number of rotatable bonds is 15. The number of hydrogen-bond donors (Lipinski definition) is 2. The van der Waals surface area contributed by atoms with Gasteiger partial charge in [-0.3, -0.25) is 9.69 Å². The van der Waals surface area contributed by atoms with Crippen LogP contribution >= 0.6 is 0 Å². The van der Waals surface area contributed by atoms with E-state index in [9.17, 15) is 15.0 Å². The second kappa shape index (κ2) is 13.9. The fraction of sp³-hybridized carbons (Fsp3) is 0.667. The zero-order valence-electron chi connectivity index (χ0n) is 15.7. The van der Waals surface area contributed by atoms with Gasteiger partial charge >= 0.3 is 5.97 Å². The molecule has 0 unspecified atom stereocenters. The highest BCUT2D eigenvalue weighted by Gasteiger charge is 2.21. The van der Waals surface area contributed by atoms with Crippen LogP contribution in [0.3, 0.4) is 0 Å². The minimum atomic E-state index is -0.842. The Balaban J connectivity index is 2.36. The Labute approximate surface area is 152 Å². The lowest BCUT2D eigenvalue weighted by Gasteiger charge is -2.29. The van der Waals surface area contributed by atoms with Gasteiger partial charge in [0.15, 0.2) is 0 Å². The molecule has 1 rings (SSSR count). The van der Waals surface area contributed by atoms with Crippen LogP contribution in [0, 0.1) is 0 Å². The summed E-state index contributed by atoms with van der Waals surface area (Å²) in [5.74, 6) is -0.842. The van der Waals surface area contributed by atoms with Crippen molar-refractivity contribution in [3.05, 3.63) is 35.9 Å². The zero-order valence-corrected chi connectivity index (χ0v) is 15.7. The molecule has 142 valence electrons. The normalized spacial score (nSPS) is 12.4. The van der Waals surface area contributed by atoms with Crippen LogP contribution in [0.1, 0.15) is 76.3 Å². The molecule has 1 atom stereocenters. The van der Waals surface area contributed by atoms with E-state index in [0.29, 0.717) is 6.54 Å². The molecule has 0 aliphatic heterocycles. The number of unbranched alkanes of at least 4 members (excludes halogenated alkanes) is 8. The summed E-state index contributed by atoms with van der Waals surface area (Å²) < 4.78 is 0. The standard InChI is InChI=1S/C21H35NO3/c1-2-3-4-5-6-7-8-9-13-16-22(17-21(24)25)20(18-23)19-14-11-10-12-15-19/h10-12,14-15,20,23H,2-9,13,16-18H2,1H3,(H,24,25)/t20-/m0/s1. The van der Waals surface area contributed by atoms with Crippen molar-refractivity contribution in [3.63, 3.8) is 0 Å². The summed E-state index contributed by atoms with van der Waals surface area (Å²) in [6.07, 6.45) is 11.2. The van der Waals surface area contributed by atoms with E-state index in [4.69, 9.17) is 0 Å². The number of carboxylic acids is 1. The van der Waals surface area contributed by atoms with Gasteiger partial charge in [0.25, 0.3) is 0 Å². The predicted molar refractivity (Wildman–Crippen MR) is 103 cm³/mol. The molecular weight excluding hydrogens is 314 g/mol. The van der Waals surface area contributed by atoms with Gasteiger partial charge in [-0.1, -0.05) is 88.6 Å². The molecule has 0 aliphatic rings. The van der Waals surface area contributed by atoms with Gasteiger partial charge in [-0.25, -0.2) is 0 Å². The van der Waals surface area contributed by atoms with Gasteiger partial charge in [0.1, 0.15) is 0 Å². The number of aliphatic hydroxyl groups is 1. The lowest BCUT2D eigenvalue weighted by atomic mass is 10.0. The van der Waals surface area contributed by atoms with Gasteiger partial charge in [-0.2, -0.15) is 0 Å². The van der Waals surface area contributed by atoms with Gasteiger partial charge in [0.2, 0.25) is 0 Å². The molecule has 0 bridgehead atoms. The van der Waals surface area contributed by atoms with E-state index < -0.39 is 5.97 Å². The first-order chi connectivity index (χ1) is 12.2. The molecule has 2 N–H and O–H groups in total. The molecule has 0 spiro atoms. The fourth-order valence-corrected chi connectivity index (χ4v) is 3.25. The highest BCUT2D eigenvalue weighted by molar-refractivity contribution is 5.69. The maximum atomic E-state index is 11.2. The SMILES string of the molecule is CCCCCCCCCCCN(CC(=O)O)[C@@H](CO)c1ccccc1. The largest absolute Gasteiger partial charge is 0.480 e. The van der Waals surface area contributed by atoms with E-state index in [0.717, 1.165) is 18.4 Å². The molecule has 4 nitrogen and oxygen atoms in total. The van der Waals surface area contributed by atoms with Crippen molar-refractivity contribution in [2.24, 2.45) is 0 Å². The molecule has 0 saturated carbocycles. The quantitative estimate of drug-likeness (QED) is 0.453. The molecule has 0 saturated heterocycles. The smallest absolute Gasteiger partial charge is 0.317 e. The number of aliphatic carboxylic acids is 1. The third-order valence-corrected chi connectivity index (χ3v) is 4.69. The average Bonchev–Trinajstić information content (AvgIpc) is 2.61. The van der Waals surface area contributed by atoms with Gasteiger partial charge in [-0.05, 0) is 18.5 Å². The van der Waals surface area contributed by atoms with Crippen LogP contribution in [0.4, 0.5) is 0 Å². The van der Waals surface area contributed by atoms with Gasteiger partial charge < -0.3 is 10.2 Å². The van der Waals surface area contributed by atoms with Crippen molar-refractivity contribution < 1.29 is 15.0 Å². The van der Waals surface area contributed by atoms with Crippen LogP contribution in [-0.2, 0) is 4.79 Å². The lowest BCUT2D eigenvalue weighted by molar-refractivity contribution is -0.139. The Kier molecular flexibility index (Phi) is 12.0. The summed E-state index contributed by atoms with van der Waals surface area (Å²) in [4.78, 5) is 13.1. The minimum Gasteiger partial charge on any atom is -0.480 e. The van der Waals surface area contributed by atoms with Crippen molar-refractivity contribution in [2.45, 2.75) is 70.8 Å². The number of carboxylic acid groups (broad SMARTS) is 1. The number of hydrogen-bond acceptors (Lipinski definition) is 3. The third-order valence-electron chi connectivity index (χ3n) is 4.69. The van der Waals surface area contributed by atoms with Gasteiger partial charge in [0, 0.05) is 0 Å². The first-order valence-corrected chi connectivity index (χ1v) is 9.80.